The highest BCUT2D eigenvalue weighted by Crippen LogP contribution is 2.15. The summed E-state index contributed by atoms with van der Waals surface area (Å²) in [5.74, 6) is -1.91. The average molecular weight is 235 g/mol. The Balaban J connectivity index is 3.00. The lowest BCUT2D eigenvalue weighted by Crippen LogP contribution is -2.29. The van der Waals surface area contributed by atoms with Crippen molar-refractivity contribution in [2.75, 3.05) is 0 Å². The van der Waals surface area contributed by atoms with Gasteiger partial charge >= 0.3 is 5.97 Å². The Hall–Kier alpha value is -1.68. The van der Waals surface area contributed by atoms with Crippen LogP contribution >= 0.6 is 12.2 Å². The molecule has 0 aliphatic rings. The predicted molar refractivity (Wildman–Crippen MR) is 68.0 cm³/mol. The minimum Gasteiger partial charge on any atom is -0.480 e. The lowest BCUT2D eigenvalue weighted by molar-refractivity contribution is -0.138. The molecule has 0 heterocycles. The highest BCUT2D eigenvalue weighted by molar-refractivity contribution is 7.80. The van der Waals surface area contributed by atoms with Crippen LogP contribution in [0.1, 0.15) is 12.5 Å². The fourth-order valence-corrected chi connectivity index (χ4v) is 1.72. The number of carbonyl (C=O) groups is 1. The van der Waals surface area contributed by atoms with E-state index in [0.29, 0.717) is 5.57 Å². The monoisotopic (exact) mass is 235 g/mol. The van der Waals surface area contributed by atoms with Crippen molar-refractivity contribution in [3.63, 3.8) is 0 Å². The van der Waals surface area contributed by atoms with Crippen LogP contribution < -0.4 is 5.73 Å². The summed E-state index contributed by atoms with van der Waals surface area (Å²) in [5, 5.41) is 8.98. The molecule has 16 heavy (non-hydrogen) atoms. The number of thiocarbonyl (C=S) groups is 1. The zero-order valence-electron chi connectivity index (χ0n) is 8.88. The molecule has 0 aliphatic heterocycles. The molecule has 1 rings (SSSR count). The molecule has 84 valence electrons. The average Bonchev–Trinajstić information content (AvgIpc) is 2.17. The van der Waals surface area contributed by atoms with E-state index in [1.807, 2.05) is 30.3 Å². The summed E-state index contributed by atoms with van der Waals surface area (Å²) in [4.78, 5) is 10.9. The number of rotatable bonds is 4. The van der Waals surface area contributed by atoms with Crippen molar-refractivity contribution in [3.8, 4) is 0 Å². The summed E-state index contributed by atoms with van der Waals surface area (Å²) in [6.45, 7) is 1.71. The number of carboxylic acid groups (broad SMARTS) is 1. The van der Waals surface area contributed by atoms with Crippen molar-refractivity contribution < 1.29 is 9.90 Å². The van der Waals surface area contributed by atoms with Crippen molar-refractivity contribution in [2.45, 2.75) is 6.92 Å². The molecule has 0 spiro atoms. The van der Waals surface area contributed by atoms with E-state index in [0.717, 1.165) is 5.56 Å². The van der Waals surface area contributed by atoms with Gasteiger partial charge in [-0.1, -0.05) is 54.2 Å². The van der Waals surface area contributed by atoms with E-state index in [1.54, 1.807) is 13.0 Å². The van der Waals surface area contributed by atoms with Crippen LogP contribution in [-0.4, -0.2) is 16.1 Å². The number of nitrogens with two attached hydrogens (primary N) is 1. The summed E-state index contributed by atoms with van der Waals surface area (Å²) < 4.78 is 0. The van der Waals surface area contributed by atoms with Gasteiger partial charge in [-0.05, 0) is 12.5 Å². The van der Waals surface area contributed by atoms with E-state index in [-0.39, 0.29) is 4.99 Å². The summed E-state index contributed by atoms with van der Waals surface area (Å²) >= 11 is 4.74. The van der Waals surface area contributed by atoms with Crippen LogP contribution in [0.4, 0.5) is 0 Å². The minimum atomic E-state index is -1.02. The van der Waals surface area contributed by atoms with Crippen molar-refractivity contribution in [1.82, 2.24) is 0 Å². The van der Waals surface area contributed by atoms with Gasteiger partial charge in [0.05, 0.1) is 4.99 Å². The maximum absolute atomic E-state index is 11.0. The van der Waals surface area contributed by atoms with Gasteiger partial charge in [-0.25, -0.2) is 0 Å². The Kier molecular flexibility index (Phi) is 4.19. The summed E-state index contributed by atoms with van der Waals surface area (Å²) in [5.41, 5.74) is 6.97. The number of benzene rings is 1. The lowest BCUT2D eigenvalue weighted by Gasteiger charge is -2.11. The van der Waals surface area contributed by atoms with Gasteiger partial charge in [-0.3, -0.25) is 4.79 Å². The second-order valence-corrected chi connectivity index (χ2v) is 3.94. The van der Waals surface area contributed by atoms with Gasteiger partial charge < -0.3 is 10.8 Å². The Morgan fingerprint density at radius 1 is 1.44 bits per heavy atom. The molecule has 0 radical (unpaired) electrons. The highest BCUT2D eigenvalue weighted by atomic mass is 32.1. The minimum absolute atomic E-state index is 0.0165. The smallest absolute Gasteiger partial charge is 0.317 e. The normalized spacial score (nSPS) is 13.2. The van der Waals surface area contributed by atoms with Crippen LogP contribution in [-0.2, 0) is 4.79 Å². The molecule has 1 atom stereocenters. The lowest BCUT2D eigenvalue weighted by atomic mass is 9.98. The van der Waals surface area contributed by atoms with Crippen molar-refractivity contribution in [2.24, 2.45) is 11.7 Å². The highest BCUT2D eigenvalue weighted by Gasteiger charge is 2.22. The second-order valence-electron chi connectivity index (χ2n) is 3.47. The summed E-state index contributed by atoms with van der Waals surface area (Å²) in [7, 11) is 0. The molecule has 0 saturated heterocycles. The summed E-state index contributed by atoms with van der Waals surface area (Å²) in [6.07, 6.45) is 1.78. The van der Waals surface area contributed by atoms with Crippen LogP contribution in [0, 0.1) is 5.92 Å². The van der Waals surface area contributed by atoms with Gasteiger partial charge in [0, 0.05) is 0 Å². The van der Waals surface area contributed by atoms with E-state index in [4.69, 9.17) is 23.1 Å². The molecule has 0 fully saturated rings. The van der Waals surface area contributed by atoms with Crippen molar-refractivity contribution in [3.05, 3.63) is 41.5 Å². The quantitative estimate of drug-likeness (QED) is 0.784. The van der Waals surface area contributed by atoms with Crippen LogP contribution in [0.5, 0.6) is 0 Å². The largest absolute Gasteiger partial charge is 0.480 e. The van der Waals surface area contributed by atoms with E-state index in [2.05, 4.69) is 0 Å². The molecule has 0 saturated carbocycles. The van der Waals surface area contributed by atoms with Crippen LogP contribution in [0.15, 0.2) is 35.9 Å². The molecule has 0 amide bonds. The molecule has 3 nitrogen and oxygen atoms in total. The molecule has 1 aromatic carbocycles. The van der Waals surface area contributed by atoms with Crippen LogP contribution in [0.25, 0.3) is 6.08 Å². The molecule has 1 aromatic rings. The predicted octanol–water partition coefficient (Wildman–Crippen LogP) is 2.08. The first kappa shape index (κ1) is 12.4. The number of carboxylic acids is 1. The molecule has 0 aliphatic carbocycles. The Labute approximate surface area is 99.6 Å². The van der Waals surface area contributed by atoms with Gasteiger partial charge in [-0.15, -0.1) is 0 Å². The third kappa shape index (κ3) is 3.17. The maximum atomic E-state index is 11.0. The maximum Gasteiger partial charge on any atom is 0.317 e. The van der Waals surface area contributed by atoms with E-state index in [9.17, 15) is 4.79 Å². The molecule has 0 unspecified atom stereocenters. The molecule has 4 heteroatoms. The van der Waals surface area contributed by atoms with Crippen molar-refractivity contribution in [1.29, 1.82) is 0 Å². The van der Waals surface area contributed by atoms with E-state index in [1.165, 1.54) is 0 Å². The van der Waals surface area contributed by atoms with E-state index >= 15 is 0 Å². The number of hydrogen-bond donors (Lipinski definition) is 2. The molecular formula is C12H13NO2S. The third-order valence-electron chi connectivity index (χ3n) is 2.18. The SMILES string of the molecule is C/C(=C\c1ccccc1)[C@@H](C(=O)O)C(N)=S. The Morgan fingerprint density at radius 3 is 2.44 bits per heavy atom. The fraction of sp³-hybridized carbons (Fsp3) is 0.167. The first-order chi connectivity index (χ1) is 7.52. The fourth-order valence-electron chi connectivity index (χ4n) is 1.44. The van der Waals surface area contributed by atoms with Gasteiger partial charge in [0.1, 0.15) is 5.92 Å². The second kappa shape index (κ2) is 5.42. The van der Waals surface area contributed by atoms with Gasteiger partial charge in [0.25, 0.3) is 0 Å². The molecule has 0 aromatic heterocycles. The zero-order valence-corrected chi connectivity index (χ0v) is 9.70. The van der Waals surface area contributed by atoms with Crippen molar-refractivity contribution >= 4 is 29.3 Å². The standard InChI is InChI=1S/C12H13NO2S/c1-8(10(11(13)16)12(14)15)7-9-5-3-2-4-6-9/h2-7,10H,1H3,(H2,13,16)(H,14,15)/b8-7+/t10-/m1/s1. The number of aliphatic carboxylic acids is 1. The first-order valence-corrected chi connectivity index (χ1v) is 5.18. The first-order valence-electron chi connectivity index (χ1n) is 4.77. The molecule has 0 bridgehead atoms. The van der Waals surface area contributed by atoms with E-state index < -0.39 is 11.9 Å². The Bertz CT molecular complexity index is 412. The summed E-state index contributed by atoms with van der Waals surface area (Å²) in [6, 6.07) is 9.45. The Morgan fingerprint density at radius 2 is 2.00 bits per heavy atom. The topological polar surface area (TPSA) is 63.3 Å². The third-order valence-corrected chi connectivity index (χ3v) is 2.42. The van der Waals surface area contributed by atoms with Gasteiger partial charge in [0.15, 0.2) is 0 Å². The van der Waals surface area contributed by atoms with Crippen LogP contribution in [0.2, 0.25) is 0 Å². The van der Waals surface area contributed by atoms with Crippen LogP contribution in [0.3, 0.4) is 0 Å². The number of hydrogen-bond acceptors (Lipinski definition) is 2. The zero-order chi connectivity index (χ0) is 12.1. The molecular weight excluding hydrogens is 222 g/mol. The van der Waals surface area contributed by atoms with Gasteiger partial charge in [0.2, 0.25) is 0 Å². The van der Waals surface area contributed by atoms with Gasteiger partial charge in [-0.2, -0.15) is 0 Å². The molecule has 3 N–H and O–H groups in total.